The van der Waals surface area contributed by atoms with E-state index in [1.165, 1.54) is 43.4 Å². The largest absolute Gasteiger partial charge is 0.573 e. The number of carbonyl (C=O) groups excluding carboxylic acids is 2. The minimum atomic E-state index is -4.98. The Balaban J connectivity index is 1.93. The number of alkyl halides is 3. The summed E-state index contributed by atoms with van der Waals surface area (Å²) in [6, 6.07) is 4.62. The van der Waals surface area contributed by atoms with Crippen molar-refractivity contribution in [3.8, 4) is 22.5 Å². The second-order valence-electron chi connectivity index (χ2n) is 8.75. The van der Waals surface area contributed by atoms with E-state index < -0.39 is 29.5 Å². The van der Waals surface area contributed by atoms with Gasteiger partial charge in [0, 0.05) is 32.1 Å². The van der Waals surface area contributed by atoms with Gasteiger partial charge in [-0.1, -0.05) is 0 Å². The van der Waals surface area contributed by atoms with Crippen LogP contribution in [0.2, 0.25) is 0 Å². The second-order valence-corrected chi connectivity index (χ2v) is 9.78. The summed E-state index contributed by atoms with van der Waals surface area (Å²) in [5.74, 6) is -1.56. The Bertz CT molecular complexity index is 1360. The molecule has 37 heavy (non-hydrogen) atoms. The topological polar surface area (TPSA) is 121 Å². The molecule has 194 valence electrons. The molecule has 0 fully saturated rings. The highest BCUT2D eigenvalue weighted by Gasteiger charge is 2.33. The molecule has 1 N–H and O–H groups in total. The van der Waals surface area contributed by atoms with E-state index in [-0.39, 0.29) is 17.0 Å². The van der Waals surface area contributed by atoms with E-state index in [1.54, 1.807) is 21.0 Å². The highest BCUT2D eigenvalue weighted by Crippen LogP contribution is 2.32. The van der Waals surface area contributed by atoms with Gasteiger partial charge in [0.25, 0.3) is 11.8 Å². The Morgan fingerprint density at radius 2 is 1.81 bits per heavy atom. The lowest BCUT2D eigenvalue weighted by Crippen LogP contribution is -2.28. The summed E-state index contributed by atoms with van der Waals surface area (Å²) in [6.45, 7) is 4.65. The molecule has 0 aliphatic heterocycles. The third kappa shape index (κ3) is 6.59. The first-order valence-corrected chi connectivity index (χ1v) is 11.7. The standard InChI is InChI=1S/C24H23F3N6O3S/c1-13(18-19(30-7-6-29-18)21-31-11-17(37-21)22(35)33(4)5)32-20(34)14-8-15(23(2,3)12-28)10-16(9-14)36-24(25,26)27/h6-11,13H,1-5H3,(H,32,34)/t13-/m0/s1. The number of carbonyl (C=O) groups is 2. The van der Waals surface area contributed by atoms with Crippen LogP contribution < -0.4 is 10.1 Å². The molecule has 0 saturated carbocycles. The van der Waals surface area contributed by atoms with Crippen molar-refractivity contribution in [2.75, 3.05) is 14.1 Å². The molecule has 2 heterocycles. The summed E-state index contributed by atoms with van der Waals surface area (Å²) in [5.41, 5.74) is -0.454. The second kappa shape index (κ2) is 10.5. The zero-order valence-electron chi connectivity index (χ0n) is 20.5. The Kier molecular flexibility index (Phi) is 7.83. The summed E-state index contributed by atoms with van der Waals surface area (Å²) >= 11 is 1.11. The van der Waals surface area contributed by atoms with Crippen molar-refractivity contribution in [2.24, 2.45) is 0 Å². The molecule has 9 nitrogen and oxygen atoms in total. The van der Waals surface area contributed by atoms with E-state index in [2.05, 4.69) is 25.0 Å². The number of halogens is 3. The van der Waals surface area contributed by atoms with Gasteiger partial charge in [-0.25, -0.2) is 4.98 Å². The molecule has 1 atom stereocenters. The summed E-state index contributed by atoms with van der Waals surface area (Å²) in [5, 5.41) is 12.6. The number of hydrogen-bond acceptors (Lipinski definition) is 8. The third-order valence-corrected chi connectivity index (χ3v) is 6.21. The number of thiazole rings is 1. The molecule has 0 spiro atoms. The quantitative estimate of drug-likeness (QED) is 0.476. The third-order valence-electron chi connectivity index (χ3n) is 5.21. The minimum Gasteiger partial charge on any atom is -0.406 e. The molecular formula is C24H23F3N6O3S. The van der Waals surface area contributed by atoms with Crippen molar-refractivity contribution in [1.29, 1.82) is 5.26 Å². The molecule has 0 aliphatic rings. The van der Waals surface area contributed by atoms with Crippen molar-refractivity contribution < 1.29 is 27.5 Å². The monoisotopic (exact) mass is 532 g/mol. The molecule has 0 saturated heterocycles. The van der Waals surface area contributed by atoms with Gasteiger partial charge in [-0.2, -0.15) is 5.26 Å². The lowest BCUT2D eigenvalue weighted by molar-refractivity contribution is -0.274. The SMILES string of the molecule is C[C@H](NC(=O)c1cc(OC(F)(F)F)cc(C(C)(C)C#N)c1)c1nccnc1-c1ncc(C(=O)N(C)C)s1. The molecule has 0 bridgehead atoms. The highest BCUT2D eigenvalue weighted by molar-refractivity contribution is 7.16. The Hall–Kier alpha value is -4.05. The number of hydrogen-bond donors (Lipinski definition) is 1. The van der Waals surface area contributed by atoms with Gasteiger partial charge in [0.05, 0.1) is 29.4 Å². The maximum Gasteiger partial charge on any atom is 0.573 e. The number of amides is 2. The molecule has 3 aromatic rings. The van der Waals surface area contributed by atoms with Gasteiger partial charge < -0.3 is 15.0 Å². The van der Waals surface area contributed by atoms with Gasteiger partial charge in [0.15, 0.2) is 0 Å². The Morgan fingerprint density at radius 3 is 2.43 bits per heavy atom. The van der Waals surface area contributed by atoms with Crippen LogP contribution in [0, 0.1) is 11.3 Å². The highest BCUT2D eigenvalue weighted by atomic mass is 32.1. The molecule has 2 aromatic heterocycles. The van der Waals surface area contributed by atoms with Crippen LogP contribution in [0.4, 0.5) is 13.2 Å². The van der Waals surface area contributed by atoms with E-state index >= 15 is 0 Å². The molecule has 3 rings (SSSR count). The summed E-state index contributed by atoms with van der Waals surface area (Å²) < 4.78 is 42.7. The van der Waals surface area contributed by atoms with Crippen molar-refractivity contribution in [3.05, 3.63) is 58.5 Å². The molecule has 0 unspecified atom stereocenters. The fraction of sp³-hybridized carbons (Fsp3) is 0.333. The first-order valence-electron chi connectivity index (χ1n) is 10.8. The Labute approximate surface area is 214 Å². The molecule has 1 aromatic carbocycles. The molecular weight excluding hydrogens is 509 g/mol. The molecule has 0 aliphatic carbocycles. The van der Waals surface area contributed by atoms with Crippen molar-refractivity contribution in [1.82, 2.24) is 25.2 Å². The predicted octanol–water partition coefficient (Wildman–Crippen LogP) is 4.49. The van der Waals surface area contributed by atoms with Gasteiger partial charge in [-0.15, -0.1) is 24.5 Å². The average Bonchev–Trinajstić information content (AvgIpc) is 3.32. The van der Waals surface area contributed by atoms with Crippen LogP contribution >= 0.6 is 11.3 Å². The summed E-state index contributed by atoms with van der Waals surface area (Å²) in [4.78, 5) is 40.0. The number of nitrogens with one attached hydrogen (secondary N) is 1. The van der Waals surface area contributed by atoms with E-state index in [4.69, 9.17) is 0 Å². The van der Waals surface area contributed by atoms with Crippen LogP contribution in [0.5, 0.6) is 5.75 Å². The number of nitriles is 1. The van der Waals surface area contributed by atoms with Crippen LogP contribution in [0.1, 0.15) is 58.1 Å². The lowest BCUT2D eigenvalue weighted by atomic mass is 9.85. The van der Waals surface area contributed by atoms with Crippen LogP contribution in [0.15, 0.2) is 36.8 Å². The fourth-order valence-corrected chi connectivity index (χ4v) is 4.17. The smallest absolute Gasteiger partial charge is 0.406 e. The predicted molar refractivity (Wildman–Crippen MR) is 129 cm³/mol. The number of nitrogens with zero attached hydrogens (tertiary/aromatic N) is 5. The number of aromatic nitrogens is 3. The maximum absolute atomic E-state index is 13.1. The number of benzene rings is 1. The molecule has 13 heteroatoms. The lowest BCUT2D eigenvalue weighted by Gasteiger charge is -2.20. The first-order chi connectivity index (χ1) is 17.2. The van der Waals surface area contributed by atoms with Crippen molar-refractivity contribution >= 4 is 23.2 Å². The zero-order valence-corrected chi connectivity index (χ0v) is 21.4. The van der Waals surface area contributed by atoms with E-state index in [0.717, 1.165) is 23.5 Å². The van der Waals surface area contributed by atoms with Crippen molar-refractivity contribution in [2.45, 2.75) is 38.6 Å². The fourth-order valence-electron chi connectivity index (χ4n) is 3.23. The van der Waals surface area contributed by atoms with Gasteiger partial charge in [-0.05, 0) is 44.5 Å². The summed E-state index contributed by atoms with van der Waals surface area (Å²) in [7, 11) is 3.23. The normalized spacial score (nSPS) is 12.4. The Morgan fingerprint density at radius 1 is 1.14 bits per heavy atom. The van der Waals surface area contributed by atoms with E-state index in [0.29, 0.717) is 21.3 Å². The average molecular weight is 533 g/mol. The molecule has 2 amide bonds. The maximum atomic E-state index is 13.1. The van der Waals surface area contributed by atoms with Gasteiger partial charge in [-0.3, -0.25) is 19.6 Å². The minimum absolute atomic E-state index is 0.134. The van der Waals surface area contributed by atoms with Crippen LogP contribution in [-0.2, 0) is 5.41 Å². The number of rotatable bonds is 7. The van der Waals surface area contributed by atoms with Crippen molar-refractivity contribution in [3.63, 3.8) is 0 Å². The van der Waals surface area contributed by atoms with Crippen LogP contribution in [0.3, 0.4) is 0 Å². The van der Waals surface area contributed by atoms with Gasteiger partial charge in [0.1, 0.15) is 21.3 Å². The first kappa shape index (κ1) is 27.5. The van der Waals surface area contributed by atoms with E-state index in [1.807, 2.05) is 6.07 Å². The van der Waals surface area contributed by atoms with Gasteiger partial charge >= 0.3 is 6.36 Å². The van der Waals surface area contributed by atoms with Gasteiger partial charge in [0.2, 0.25) is 0 Å². The van der Waals surface area contributed by atoms with E-state index in [9.17, 15) is 28.0 Å². The zero-order chi connectivity index (χ0) is 27.5. The van der Waals surface area contributed by atoms with Crippen LogP contribution in [-0.4, -0.2) is 52.1 Å². The number of ether oxygens (including phenoxy) is 1. The molecule has 0 radical (unpaired) electrons. The summed E-state index contributed by atoms with van der Waals surface area (Å²) in [6.07, 6.45) is -0.692. The van der Waals surface area contributed by atoms with Crippen LogP contribution in [0.25, 0.3) is 10.7 Å².